The van der Waals surface area contributed by atoms with Gasteiger partial charge >= 0.3 is 0 Å². The molecule has 9 heteroatoms. The molecule has 12 aromatic carbocycles. The Bertz CT molecular complexity index is 5730. The van der Waals surface area contributed by atoms with Gasteiger partial charge in [0.15, 0.2) is 0 Å². The number of nitriles is 3. The first-order valence-corrected chi connectivity index (χ1v) is 30.2. The van der Waals surface area contributed by atoms with Crippen molar-refractivity contribution in [1.29, 1.82) is 15.8 Å². The van der Waals surface area contributed by atoms with Gasteiger partial charge in [0.25, 0.3) is 6.71 Å². The molecule has 0 bridgehead atoms. The van der Waals surface area contributed by atoms with Gasteiger partial charge in [-0.1, -0.05) is 152 Å². The van der Waals surface area contributed by atoms with Gasteiger partial charge in [-0.3, -0.25) is 0 Å². The SMILES string of the molecule is N#Cc1ccc(-n2c3c(c4ccccc42)C=CCC3)c(-c2c#cc3c(c2)Oc2cc(-c4cc(C#N)ccc4-n4c5ccccc5c5ccccc54)cc4c2B3c2ccc(-n3c5ccccc5c5cc(C#N)ccc53)cc2N4c2ccccc2-c2ccccc2)c1. The zero-order chi connectivity index (χ0) is 59.7. The number of anilines is 3. The van der Waals surface area contributed by atoms with Gasteiger partial charge in [-0.2, -0.15) is 15.8 Å². The number of para-hydroxylation sites is 5. The second-order valence-electron chi connectivity index (χ2n) is 23.4. The van der Waals surface area contributed by atoms with Crippen molar-refractivity contribution < 1.29 is 4.74 Å². The summed E-state index contributed by atoms with van der Waals surface area (Å²) in [4.78, 5) is 2.42. The number of benzene rings is 11. The maximum atomic E-state index is 10.8. The molecule has 90 heavy (non-hydrogen) atoms. The highest BCUT2D eigenvalue weighted by atomic mass is 16.5. The van der Waals surface area contributed by atoms with E-state index in [1.807, 2.05) is 36.4 Å². The minimum Gasteiger partial charge on any atom is -0.458 e. The highest BCUT2D eigenvalue weighted by Crippen LogP contribution is 2.49. The van der Waals surface area contributed by atoms with E-state index in [0.717, 1.165) is 146 Å². The summed E-state index contributed by atoms with van der Waals surface area (Å²) >= 11 is 0. The zero-order valence-corrected chi connectivity index (χ0v) is 48.3. The number of hydrogen-bond acceptors (Lipinski definition) is 5. The molecule has 0 amide bonds. The third kappa shape index (κ3) is 7.49. The standard InChI is InChI=1S/C81H46BN7O/c83-47-50-30-37-74(87-70-26-12-5-19-58(70)59-20-6-13-27-71(59)87)63(40-50)54-33-35-67-79(44-54)90-80-45-55(64-41-51(48-84)31-38-75(64)88-72-28-14-7-21-60(72)61-22-8-15-29-73(61)88)43-78-81(80)82(67)66-36-34-56(86-69-25-11-9-23-62(69)65-42-52(49-85)32-39-76(65)86)46-77(66)89(78)68-24-10-4-18-57(68)53-16-2-1-3-17-53/h1-12,14-26,28-32,34,36-46H,13,27H2. The second kappa shape index (κ2) is 19.8. The summed E-state index contributed by atoms with van der Waals surface area (Å²) in [5, 5.41) is 37.1. The van der Waals surface area contributed by atoms with Crippen LogP contribution in [0.5, 0.6) is 11.5 Å². The summed E-state index contributed by atoms with van der Waals surface area (Å²) in [5.74, 6) is 1.29. The van der Waals surface area contributed by atoms with E-state index >= 15 is 0 Å². The first kappa shape index (κ1) is 50.8. The molecule has 0 saturated carbocycles. The van der Waals surface area contributed by atoms with E-state index in [2.05, 4.69) is 267 Å². The maximum Gasteiger partial charge on any atom is 0.266 e. The van der Waals surface area contributed by atoms with Crippen LogP contribution in [0.1, 0.15) is 34.4 Å². The Morgan fingerprint density at radius 1 is 0.411 bits per heavy atom. The molecule has 5 heterocycles. The average molecular weight is 1140 g/mol. The van der Waals surface area contributed by atoms with E-state index in [9.17, 15) is 15.8 Å². The normalized spacial score (nSPS) is 12.7. The lowest BCUT2D eigenvalue weighted by molar-refractivity contribution is 0.488. The number of ether oxygens (including phenoxy) is 1. The summed E-state index contributed by atoms with van der Waals surface area (Å²) in [6.45, 7) is -0.405. The Labute approximate surface area is 518 Å². The molecule has 0 unspecified atom stereocenters. The summed E-state index contributed by atoms with van der Waals surface area (Å²) in [7, 11) is 0. The number of allylic oxidation sites excluding steroid dienone is 1. The van der Waals surface area contributed by atoms with Crippen LogP contribution < -0.4 is 26.0 Å². The minimum absolute atomic E-state index is 0.405. The molecular weight excluding hydrogens is 1100 g/mol. The number of aromatic nitrogens is 3. The van der Waals surface area contributed by atoms with Crippen molar-refractivity contribution in [3.63, 3.8) is 0 Å². The van der Waals surface area contributed by atoms with Crippen molar-refractivity contribution in [2.75, 3.05) is 4.90 Å². The van der Waals surface area contributed by atoms with Crippen molar-refractivity contribution >= 4 is 101 Å². The van der Waals surface area contributed by atoms with Crippen LogP contribution in [-0.4, -0.2) is 20.4 Å². The van der Waals surface area contributed by atoms with Gasteiger partial charge in [0, 0.05) is 83.0 Å². The highest BCUT2D eigenvalue weighted by Gasteiger charge is 2.44. The van der Waals surface area contributed by atoms with E-state index in [1.54, 1.807) is 0 Å². The Morgan fingerprint density at radius 3 is 1.74 bits per heavy atom. The van der Waals surface area contributed by atoms with Gasteiger partial charge in [0.05, 0.1) is 79.5 Å². The predicted octanol–water partition coefficient (Wildman–Crippen LogP) is 17.4. The van der Waals surface area contributed by atoms with Crippen molar-refractivity contribution in [3.05, 3.63) is 289 Å². The Hall–Kier alpha value is -12.5. The monoisotopic (exact) mass is 1140 g/mol. The fourth-order valence-electron chi connectivity index (χ4n) is 14.8. The van der Waals surface area contributed by atoms with Crippen LogP contribution in [-0.2, 0) is 6.42 Å². The summed E-state index contributed by atoms with van der Waals surface area (Å²) < 4.78 is 14.6. The molecule has 414 valence electrons. The van der Waals surface area contributed by atoms with Gasteiger partial charge in [0.2, 0.25) is 0 Å². The number of fused-ring (bicyclic) bond motifs is 13. The lowest BCUT2D eigenvalue weighted by Gasteiger charge is -2.41. The van der Waals surface area contributed by atoms with E-state index in [0.29, 0.717) is 28.2 Å². The molecule has 0 atom stereocenters. The van der Waals surface area contributed by atoms with Crippen LogP contribution in [0.3, 0.4) is 0 Å². The second-order valence-corrected chi connectivity index (χ2v) is 23.4. The van der Waals surface area contributed by atoms with Crippen LogP contribution in [0.2, 0.25) is 0 Å². The summed E-state index contributed by atoms with van der Waals surface area (Å²) in [5.41, 5.74) is 23.1. The van der Waals surface area contributed by atoms with Crippen LogP contribution in [0.15, 0.2) is 249 Å². The molecule has 0 radical (unpaired) electrons. The largest absolute Gasteiger partial charge is 0.458 e. The molecule has 2 aliphatic heterocycles. The van der Waals surface area contributed by atoms with Gasteiger partial charge in [0.1, 0.15) is 11.5 Å². The summed E-state index contributed by atoms with van der Waals surface area (Å²) in [6, 6.07) is 99.3. The van der Waals surface area contributed by atoms with Crippen molar-refractivity contribution in [2.24, 2.45) is 0 Å². The van der Waals surface area contributed by atoms with E-state index in [-0.39, 0.29) is 0 Å². The average Bonchev–Trinajstić information content (AvgIpc) is 1.87. The van der Waals surface area contributed by atoms with Crippen LogP contribution >= 0.6 is 0 Å². The fourth-order valence-corrected chi connectivity index (χ4v) is 14.8. The Morgan fingerprint density at radius 2 is 1.01 bits per heavy atom. The quantitative estimate of drug-likeness (QED) is 0.148. The highest BCUT2D eigenvalue weighted by molar-refractivity contribution is 6.99. The Kier molecular flexibility index (Phi) is 11.1. The third-order valence-electron chi connectivity index (χ3n) is 18.6. The predicted molar refractivity (Wildman–Crippen MR) is 363 cm³/mol. The topological polar surface area (TPSA) is 98.6 Å². The molecular formula is C81H46BN7O. The van der Waals surface area contributed by atoms with Crippen molar-refractivity contribution in [2.45, 2.75) is 12.8 Å². The number of nitrogens with zero attached hydrogens (tertiary/aromatic N) is 7. The van der Waals surface area contributed by atoms with E-state index < -0.39 is 6.71 Å². The molecule has 18 rings (SSSR count). The Balaban J connectivity index is 0.929. The number of rotatable bonds is 7. The van der Waals surface area contributed by atoms with Crippen LogP contribution in [0.4, 0.5) is 17.1 Å². The van der Waals surface area contributed by atoms with Crippen LogP contribution in [0, 0.1) is 46.1 Å². The molecule has 8 nitrogen and oxygen atoms in total. The van der Waals surface area contributed by atoms with Gasteiger partial charge < -0.3 is 23.3 Å². The smallest absolute Gasteiger partial charge is 0.266 e. The zero-order valence-electron chi connectivity index (χ0n) is 48.3. The molecule has 0 N–H and O–H groups in total. The lowest BCUT2D eigenvalue weighted by Crippen LogP contribution is -2.59. The third-order valence-corrected chi connectivity index (χ3v) is 18.6. The van der Waals surface area contributed by atoms with Gasteiger partial charge in [-0.15, -0.1) is 0 Å². The minimum atomic E-state index is -0.405. The molecule has 1 aliphatic carbocycles. The van der Waals surface area contributed by atoms with Crippen molar-refractivity contribution in [1.82, 2.24) is 13.7 Å². The van der Waals surface area contributed by atoms with E-state index in [1.165, 1.54) is 16.6 Å². The lowest BCUT2D eigenvalue weighted by atomic mass is 9.34. The first-order chi connectivity index (χ1) is 44.5. The number of hydrogen-bond donors (Lipinski definition) is 0. The van der Waals surface area contributed by atoms with Crippen molar-refractivity contribution in [3.8, 4) is 80.1 Å². The molecule has 0 fully saturated rings. The molecule has 0 spiro atoms. The van der Waals surface area contributed by atoms with E-state index in [4.69, 9.17) is 4.74 Å². The fraction of sp³-hybridized carbons (Fsp3) is 0.0247. The first-order valence-electron chi connectivity index (χ1n) is 30.2. The van der Waals surface area contributed by atoms with Gasteiger partial charge in [-0.05, 0) is 150 Å². The molecule has 3 aliphatic rings. The van der Waals surface area contributed by atoms with Gasteiger partial charge in [-0.25, -0.2) is 0 Å². The molecule has 3 aromatic heterocycles. The summed E-state index contributed by atoms with van der Waals surface area (Å²) in [6.07, 6.45) is 6.30. The molecule has 15 aromatic rings. The molecule has 0 saturated heterocycles. The maximum absolute atomic E-state index is 10.8. The van der Waals surface area contributed by atoms with Crippen LogP contribution in [0.25, 0.3) is 111 Å².